The minimum absolute atomic E-state index is 0.290. The topological polar surface area (TPSA) is 71.3 Å². The van der Waals surface area contributed by atoms with Crippen LogP contribution in [0.4, 0.5) is 14.9 Å². The van der Waals surface area contributed by atoms with Crippen molar-refractivity contribution >= 4 is 17.4 Å². The molecule has 3 aromatic rings. The third kappa shape index (κ3) is 3.68. The summed E-state index contributed by atoms with van der Waals surface area (Å²) in [6.45, 7) is 2.16. The molecule has 3 rings (SSSR count). The number of halogens is 1. The standard InChI is InChI=1S/C17H18FN5O/c1-12-11-13(7-8-14(12)18)20-17(24)19-9-4-6-16-22-21-15-5-2-3-10-23(15)16/h2-3,5,7-8,10-11H,4,6,9H2,1H3,(H2,19,20,24). The number of urea groups is 1. The van der Waals surface area contributed by atoms with Crippen LogP contribution in [0, 0.1) is 12.7 Å². The molecule has 0 fully saturated rings. The lowest BCUT2D eigenvalue weighted by atomic mass is 10.2. The Balaban J connectivity index is 1.46. The van der Waals surface area contributed by atoms with E-state index in [4.69, 9.17) is 0 Å². The number of aromatic nitrogens is 3. The van der Waals surface area contributed by atoms with Gasteiger partial charge in [-0.25, -0.2) is 9.18 Å². The van der Waals surface area contributed by atoms with E-state index in [1.807, 2.05) is 28.8 Å². The van der Waals surface area contributed by atoms with Crippen molar-refractivity contribution in [1.82, 2.24) is 19.9 Å². The highest BCUT2D eigenvalue weighted by Crippen LogP contribution is 2.13. The largest absolute Gasteiger partial charge is 0.338 e. The first-order valence-corrected chi connectivity index (χ1v) is 7.73. The van der Waals surface area contributed by atoms with Gasteiger partial charge >= 0.3 is 6.03 Å². The number of nitrogens with one attached hydrogen (secondary N) is 2. The summed E-state index contributed by atoms with van der Waals surface area (Å²) in [5.74, 6) is 0.573. The van der Waals surface area contributed by atoms with Gasteiger partial charge in [-0.1, -0.05) is 6.07 Å². The van der Waals surface area contributed by atoms with Gasteiger partial charge in [-0.05, 0) is 49.2 Å². The highest BCUT2D eigenvalue weighted by atomic mass is 19.1. The van der Waals surface area contributed by atoms with E-state index >= 15 is 0 Å². The van der Waals surface area contributed by atoms with Crippen LogP contribution in [0.1, 0.15) is 17.8 Å². The van der Waals surface area contributed by atoms with Gasteiger partial charge in [0.1, 0.15) is 11.6 Å². The lowest BCUT2D eigenvalue weighted by Crippen LogP contribution is -2.29. The van der Waals surface area contributed by atoms with Crippen molar-refractivity contribution in [2.75, 3.05) is 11.9 Å². The minimum atomic E-state index is -0.313. The zero-order valence-electron chi connectivity index (χ0n) is 13.3. The number of carbonyl (C=O) groups is 1. The molecule has 2 N–H and O–H groups in total. The molecule has 124 valence electrons. The molecule has 0 aliphatic rings. The molecule has 24 heavy (non-hydrogen) atoms. The van der Waals surface area contributed by atoms with Gasteiger partial charge in [0.15, 0.2) is 5.65 Å². The number of fused-ring (bicyclic) bond motifs is 1. The number of nitrogens with zero attached hydrogens (tertiary/aromatic N) is 3. The van der Waals surface area contributed by atoms with Crippen molar-refractivity contribution in [2.24, 2.45) is 0 Å². The van der Waals surface area contributed by atoms with E-state index in [0.29, 0.717) is 24.2 Å². The lowest BCUT2D eigenvalue weighted by molar-refractivity contribution is 0.252. The molecule has 0 aliphatic heterocycles. The van der Waals surface area contributed by atoms with E-state index < -0.39 is 0 Å². The van der Waals surface area contributed by atoms with Gasteiger partial charge in [0.2, 0.25) is 0 Å². The fraction of sp³-hybridized carbons (Fsp3) is 0.235. The maximum atomic E-state index is 13.2. The zero-order valence-corrected chi connectivity index (χ0v) is 13.3. The number of rotatable bonds is 5. The van der Waals surface area contributed by atoms with Crippen molar-refractivity contribution < 1.29 is 9.18 Å². The second kappa shape index (κ2) is 7.08. The molecule has 0 saturated heterocycles. The number of hydrogen-bond acceptors (Lipinski definition) is 3. The van der Waals surface area contributed by atoms with Crippen LogP contribution < -0.4 is 10.6 Å². The van der Waals surface area contributed by atoms with Gasteiger partial charge in [0.25, 0.3) is 0 Å². The van der Waals surface area contributed by atoms with Crippen LogP contribution in [-0.2, 0) is 6.42 Å². The predicted molar refractivity (Wildman–Crippen MR) is 89.5 cm³/mol. The molecule has 0 saturated carbocycles. The molecule has 0 spiro atoms. The van der Waals surface area contributed by atoms with Crippen LogP contribution in [-0.4, -0.2) is 27.2 Å². The highest BCUT2D eigenvalue weighted by Gasteiger charge is 2.06. The molecule has 2 heterocycles. The molecule has 0 unspecified atom stereocenters. The summed E-state index contributed by atoms with van der Waals surface area (Å²) in [7, 11) is 0. The third-order valence-corrected chi connectivity index (χ3v) is 3.66. The number of anilines is 1. The number of amides is 2. The molecular formula is C17H18FN5O. The van der Waals surface area contributed by atoms with Gasteiger partial charge in [-0.3, -0.25) is 4.40 Å². The average molecular weight is 327 g/mol. The molecule has 2 amide bonds. The average Bonchev–Trinajstić information content (AvgIpc) is 2.98. The Hall–Kier alpha value is -2.96. The van der Waals surface area contributed by atoms with E-state index in [-0.39, 0.29) is 11.8 Å². The van der Waals surface area contributed by atoms with E-state index in [0.717, 1.165) is 17.9 Å². The Labute approximate surface area is 138 Å². The maximum absolute atomic E-state index is 13.2. The van der Waals surface area contributed by atoms with Gasteiger partial charge < -0.3 is 10.6 Å². The maximum Gasteiger partial charge on any atom is 0.319 e. The summed E-state index contributed by atoms with van der Waals surface area (Å²) in [6.07, 6.45) is 3.37. The summed E-state index contributed by atoms with van der Waals surface area (Å²) < 4.78 is 15.1. The minimum Gasteiger partial charge on any atom is -0.338 e. The molecule has 7 heteroatoms. The van der Waals surface area contributed by atoms with E-state index in [9.17, 15) is 9.18 Å². The number of carbonyl (C=O) groups excluding carboxylic acids is 1. The van der Waals surface area contributed by atoms with Gasteiger partial charge in [0, 0.05) is 24.8 Å². The fourth-order valence-electron chi connectivity index (χ4n) is 2.41. The number of pyridine rings is 1. The summed E-state index contributed by atoms with van der Waals surface area (Å²) in [5.41, 5.74) is 1.87. The van der Waals surface area contributed by atoms with Crippen LogP contribution in [0.3, 0.4) is 0 Å². The van der Waals surface area contributed by atoms with Crippen LogP contribution in [0.25, 0.3) is 5.65 Å². The van der Waals surface area contributed by atoms with E-state index in [1.165, 1.54) is 12.1 Å². The first-order chi connectivity index (χ1) is 11.6. The smallest absolute Gasteiger partial charge is 0.319 e. The van der Waals surface area contributed by atoms with Crippen LogP contribution in [0.2, 0.25) is 0 Å². The monoisotopic (exact) mass is 327 g/mol. The normalized spacial score (nSPS) is 10.8. The van der Waals surface area contributed by atoms with Crippen LogP contribution in [0.5, 0.6) is 0 Å². The molecular weight excluding hydrogens is 309 g/mol. The predicted octanol–water partition coefficient (Wildman–Crippen LogP) is 2.93. The first-order valence-electron chi connectivity index (χ1n) is 7.73. The van der Waals surface area contributed by atoms with Crippen molar-refractivity contribution in [3.63, 3.8) is 0 Å². The molecule has 2 aromatic heterocycles. The number of benzene rings is 1. The zero-order chi connectivity index (χ0) is 16.9. The second-order valence-electron chi connectivity index (χ2n) is 5.49. The van der Waals surface area contributed by atoms with Gasteiger partial charge in [-0.15, -0.1) is 10.2 Å². The Bertz CT molecular complexity index is 861. The number of aryl methyl sites for hydroxylation is 2. The van der Waals surface area contributed by atoms with Crippen molar-refractivity contribution in [1.29, 1.82) is 0 Å². The van der Waals surface area contributed by atoms with E-state index in [1.54, 1.807) is 13.0 Å². The summed E-state index contributed by atoms with van der Waals surface area (Å²) in [6, 6.07) is 9.88. The Morgan fingerprint density at radius 3 is 2.96 bits per heavy atom. The quantitative estimate of drug-likeness (QED) is 0.708. The van der Waals surface area contributed by atoms with Crippen molar-refractivity contribution in [3.8, 4) is 0 Å². The molecule has 1 aromatic carbocycles. The van der Waals surface area contributed by atoms with Crippen molar-refractivity contribution in [3.05, 3.63) is 59.8 Å². The Morgan fingerprint density at radius 1 is 1.25 bits per heavy atom. The van der Waals surface area contributed by atoms with Gasteiger partial charge in [-0.2, -0.15) is 0 Å². The van der Waals surface area contributed by atoms with Gasteiger partial charge in [0.05, 0.1) is 0 Å². The third-order valence-electron chi connectivity index (χ3n) is 3.66. The molecule has 0 radical (unpaired) electrons. The number of hydrogen-bond donors (Lipinski definition) is 2. The molecule has 0 aliphatic carbocycles. The summed E-state index contributed by atoms with van der Waals surface area (Å²) >= 11 is 0. The highest BCUT2D eigenvalue weighted by molar-refractivity contribution is 5.89. The van der Waals surface area contributed by atoms with E-state index in [2.05, 4.69) is 20.8 Å². The fourth-order valence-corrected chi connectivity index (χ4v) is 2.41. The second-order valence-corrected chi connectivity index (χ2v) is 5.49. The SMILES string of the molecule is Cc1cc(NC(=O)NCCCc2nnc3ccccn23)ccc1F. The van der Waals surface area contributed by atoms with Crippen molar-refractivity contribution in [2.45, 2.75) is 19.8 Å². The summed E-state index contributed by atoms with van der Waals surface area (Å²) in [5, 5.41) is 13.7. The first kappa shape index (κ1) is 15.9. The van der Waals surface area contributed by atoms with Crippen LogP contribution >= 0.6 is 0 Å². The summed E-state index contributed by atoms with van der Waals surface area (Å²) in [4.78, 5) is 11.8. The molecule has 6 nitrogen and oxygen atoms in total. The molecule has 0 atom stereocenters. The Kier molecular flexibility index (Phi) is 4.69. The molecule has 0 bridgehead atoms. The Morgan fingerprint density at radius 2 is 2.12 bits per heavy atom. The lowest BCUT2D eigenvalue weighted by Gasteiger charge is -2.08. The van der Waals surface area contributed by atoms with Crippen LogP contribution in [0.15, 0.2) is 42.6 Å².